The van der Waals surface area contributed by atoms with Gasteiger partial charge in [0.25, 0.3) is 0 Å². The summed E-state index contributed by atoms with van der Waals surface area (Å²) in [6, 6.07) is 3.76. The van der Waals surface area contributed by atoms with E-state index in [0.29, 0.717) is 10.0 Å². The van der Waals surface area contributed by atoms with Crippen LogP contribution >= 0.6 is 35.4 Å². The number of rotatable bonds is 3. The van der Waals surface area contributed by atoms with Crippen LogP contribution in [-0.4, -0.2) is 9.55 Å². The van der Waals surface area contributed by atoms with Crippen molar-refractivity contribution >= 4 is 46.5 Å². The average Bonchev–Trinajstić information content (AvgIpc) is 2.73. The van der Waals surface area contributed by atoms with Crippen LogP contribution in [0.15, 0.2) is 12.1 Å². The Bertz CT molecular complexity index is 668. The van der Waals surface area contributed by atoms with Gasteiger partial charge in [0.05, 0.1) is 21.1 Å². The molecular formula is C15H18Cl2N2S. The summed E-state index contributed by atoms with van der Waals surface area (Å²) in [6.45, 7) is 0.960. The van der Waals surface area contributed by atoms with Gasteiger partial charge in [0.2, 0.25) is 0 Å². The molecule has 0 atom stereocenters. The third kappa shape index (κ3) is 2.90. The maximum absolute atomic E-state index is 6.12. The molecule has 1 aliphatic rings. The monoisotopic (exact) mass is 328 g/mol. The van der Waals surface area contributed by atoms with Crippen molar-refractivity contribution in [2.45, 2.75) is 45.1 Å². The van der Waals surface area contributed by atoms with E-state index in [2.05, 4.69) is 9.55 Å². The molecule has 20 heavy (non-hydrogen) atoms. The molecule has 0 unspecified atom stereocenters. The molecule has 1 aliphatic carbocycles. The number of fused-ring (bicyclic) bond motifs is 1. The molecule has 2 nitrogen and oxygen atoms in total. The zero-order valence-electron chi connectivity index (χ0n) is 11.3. The summed E-state index contributed by atoms with van der Waals surface area (Å²) in [6.07, 6.45) is 8.08. The quantitative estimate of drug-likeness (QED) is 0.687. The van der Waals surface area contributed by atoms with Crippen molar-refractivity contribution in [2.24, 2.45) is 5.92 Å². The highest BCUT2D eigenvalue weighted by Gasteiger charge is 2.14. The molecule has 0 bridgehead atoms. The Balaban J connectivity index is 1.85. The third-order valence-corrected chi connectivity index (χ3v) is 5.35. The number of nitrogens with one attached hydrogen (secondary N) is 1. The number of halogens is 2. The summed E-state index contributed by atoms with van der Waals surface area (Å²) in [5, 5.41) is 1.15. The van der Waals surface area contributed by atoms with Crippen LogP contribution in [0.2, 0.25) is 10.0 Å². The summed E-state index contributed by atoms with van der Waals surface area (Å²) >= 11 is 17.6. The van der Waals surface area contributed by atoms with E-state index in [-0.39, 0.29) is 0 Å². The van der Waals surface area contributed by atoms with Gasteiger partial charge in [-0.1, -0.05) is 55.3 Å². The fraction of sp³-hybridized carbons (Fsp3) is 0.533. The highest BCUT2D eigenvalue weighted by molar-refractivity contribution is 7.71. The van der Waals surface area contributed by atoms with E-state index in [1.807, 2.05) is 12.1 Å². The second-order valence-corrected chi connectivity index (χ2v) is 6.86. The molecule has 1 N–H and O–H groups in total. The smallest absolute Gasteiger partial charge is 0.178 e. The Morgan fingerprint density at radius 1 is 1.15 bits per heavy atom. The van der Waals surface area contributed by atoms with Gasteiger partial charge in [0.1, 0.15) is 0 Å². The van der Waals surface area contributed by atoms with Gasteiger partial charge in [0, 0.05) is 6.54 Å². The molecule has 1 fully saturated rings. The number of nitrogens with zero attached hydrogens (tertiary/aromatic N) is 1. The van der Waals surface area contributed by atoms with Crippen LogP contribution in [0.3, 0.4) is 0 Å². The van der Waals surface area contributed by atoms with E-state index >= 15 is 0 Å². The number of aromatic nitrogens is 2. The number of aromatic amines is 1. The lowest BCUT2D eigenvalue weighted by Crippen LogP contribution is -2.10. The van der Waals surface area contributed by atoms with Gasteiger partial charge in [-0.05, 0) is 36.7 Å². The van der Waals surface area contributed by atoms with E-state index in [1.165, 1.54) is 38.5 Å². The third-order valence-electron chi connectivity index (χ3n) is 4.30. The molecule has 1 aromatic carbocycles. The zero-order valence-corrected chi connectivity index (χ0v) is 13.6. The number of benzene rings is 1. The van der Waals surface area contributed by atoms with Gasteiger partial charge >= 0.3 is 0 Å². The minimum absolute atomic E-state index is 0.565. The van der Waals surface area contributed by atoms with Crippen molar-refractivity contribution in [1.29, 1.82) is 0 Å². The minimum Gasteiger partial charge on any atom is -0.331 e. The van der Waals surface area contributed by atoms with Crippen LogP contribution in [-0.2, 0) is 6.54 Å². The number of H-pyrrole nitrogens is 1. The Hall–Kier alpha value is -0.510. The highest BCUT2D eigenvalue weighted by Crippen LogP contribution is 2.30. The first-order valence-corrected chi connectivity index (χ1v) is 8.39. The molecule has 0 aliphatic heterocycles. The second-order valence-electron chi connectivity index (χ2n) is 5.66. The molecule has 0 amide bonds. The summed E-state index contributed by atoms with van der Waals surface area (Å²) in [4.78, 5) is 3.22. The van der Waals surface area contributed by atoms with Gasteiger partial charge in [-0.25, -0.2) is 0 Å². The number of aryl methyl sites for hydroxylation is 1. The Morgan fingerprint density at radius 2 is 1.85 bits per heavy atom. The van der Waals surface area contributed by atoms with E-state index in [0.717, 1.165) is 28.3 Å². The molecule has 1 heterocycles. The van der Waals surface area contributed by atoms with E-state index in [1.54, 1.807) is 0 Å². The summed E-state index contributed by atoms with van der Waals surface area (Å²) in [5.74, 6) is 0.846. The molecule has 0 saturated heterocycles. The number of imidazole rings is 1. The summed E-state index contributed by atoms with van der Waals surface area (Å²) in [5.41, 5.74) is 2.02. The first kappa shape index (κ1) is 14.4. The lowest BCUT2D eigenvalue weighted by Gasteiger charge is -2.21. The highest BCUT2D eigenvalue weighted by atomic mass is 35.5. The number of hydrogen-bond donors (Lipinski definition) is 1. The SMILES string of the molecule is S=c1[nH]c2cc(Cl)c(Cl)cc2n1CCC1CCCCC1. The molecule has 1 aromatic heterocycles. The van der Waals surface area contributed by atoms with Crippen molar-refractivity contribution in [2.75, 3.05) is 0 Å². The van der Waals surface area contributed by atoms with Gasteiger partial charge in [-0.3, -0.25) is 0 Å². The maximum Gasteiger partial charge on any atom is 0.178 e. The standard InChI is InChI=1S/C15H18Cl2N2S/c16-11-8-13-14(9-12(11)17)19(15(20)18-13)7-6-10-4-2-1-3-5-10/h8-10H,1-7H2,(H,18,20). The van der Waals surface area contributed by atoms with Crippen molar-refractivity contribution in [3.8, 4) is 0 Å². The summed E-state index contributed by atoms with van der Waals surface area (Å²) in [7, 11) is 0. The van der Waals surface area contributed by atoms with Crippen LogP contribution in [0.1, 0.15) is 38.5 Å². The van der Waals surface area contributed by atoms with Crippen LogP contribution in [0, 0.1) is 10.7 Å². The fourth-order valence-corrected chi connectivity index (χ4v) is 3.78. The molecule has 5 heteroatoms. The molecule has 108 valence electrons. The maximum atomic E-state index is 6.12. The normalized spacial score (nSPS) is 16.9. The second kappa shape index (κ2) is 6.08. The van der Waals surface area contributed by atoms with Crippen LogP contribution in [0.25, 0.3) is 11.0 Å². The molecule has 2 aromatic rings. The van der Waals surface area contributed by atoms with Crippen molar-refractivity contribution in [3.05, 3.63) is 26.9 Å². The molecule has 1 saturated carbocycles. The predicted octanol–water partition coefficient (Wildman–Crippen LogP) is 5.98. The summed E-state index contributed by atoms with van der Waals surface area (Å²) < 4.78 is 2.91. The van der Waals surface area contributed by atoms with Crippen LogP contribution in [0.4, 0.5) is 0 Å². The van der Waals surface area contributed by atoms with E-state index in [9.17, 15) is 0 Å². The van der Waals surface area contributed by atoms with Gasteiger partial charge < -0.3 is 9.55 Å². The zero-order chi connectivity index (χ0) is 14.1. The Labute approximate surface area is 134 Å². The van der Waals surface area contributed by atoms with Crippen LogP contribution < -0.4 is 0 Å². The average molecular weight is 329 g/mol. The first-order valence-electron chi connectivity index (χ1n) is 7.22. The van der Waals surface area contributed by atoms with Gasteiger partial charge in [-0.2, -0.15) is 0 Å². The van der Waals surface area contributed by atoms with E-state index in [4.69, 9.17) is 35.4 Å². The predicted molar refractivity (Wildman–Crippen MR) is 88.3 cm³/mol. The molecule has 0 spiro atoms. The van der Waals surface area contributed by atoms with Crippen molar-refractivity contribution < 1.29 is 0 Å². The topological polar surface area (TPSA) is 20.7 Å². The van der Waals surface area contributed by atoms with Crippen molar-refractivity contribution in [3.63, 3.8) is 0 Å². The minimum atomic E-state index is 0.565. The molecule has 3 rings (SSSR count). The number of hydrogen-bond acceptors (Lipinski definition) is 1. The Kier molecular flexibility index (Phi) is 4.39. The van der Waals surface area contributed by atoms with Crippen LogP contribution in [0.5, 0.6) is 0 Å². The molecular weight excluding hydrogens is 311 g/mol. The lowest BCUT2D eigenvalue weighted by molar-refractivity contribution is 0.325. The van der Waals surface area contributed by atoms with Gasteiger partial charge in [0.15, 0.2) is 4.77 Å². The van der Waals surface area contributed by atoms with Gasteiger partial charge in [-0.15, -0.1) is 0 Å². The largest absolute Gasteiger partial charge is 0.331 e. The first-order chi connectivity index (χ1) is 9.65. The molecule has 0 radical (unpaired) electrons. The Morgan fingerprint density at radius 3 is 2.60 bits per heavy atom. The van der Waals surface area contributed by atoms with E-state index < -0.39 is 0 Å². The lowest BCUT2D eigenvalue weighted by atomic mass is 9.87. The van der Waals surface area contributed by atoms with Crippen molar-refractivity contribution in [1.82, 2.24) is 9.55 Å². The fourth-order valence-electron chi connectivity index (χ4n) is 3.16.